The SMILES string of the molecule is Cc1nnc(SCC(=O)c2cccc([N+](=O)[O-])c2)s1. The van der Waals surface area contributed by atoms with Crippen molar-refractivity contribution in [3.8, 4) is 0 Å². The topological polar surface area (TPSA) is 86.0 Å². The molecule has 2 aromatic rings. The second-order valence-electron chi connectivity index (χ2n) is 3.61. The van der Waals surface area contributed by atoms with Crippen LogP contribution in [0.1, 0.15) is 15.4 Å². The highest BCUT2D eigenvalue weighted by Crippen LogP contribution is 2.23. The molecule has 1 aromatic carbocycles. The average molecular weight is 295 g/mol. The van der Waals surface area contributed by atoms with E-state index in [1.165, 1.54) is 41.3 Å². The van der Waals surface area contributed by atoms with Gasteiger partial charge in [-0.15, -0.1) is 10.2 Å². The van der Waals surface area contributed by atoms with Crippen molar-refractivity contribution in [2.24, 2.45) is 0 Å². The number of rotatable bonds is 5. The molecule has 0 atom stereocenters. The maximum absolute atomic E-state index is 11.9. The van der Waals surface area contributed by atoms with E-state index < -0.39 is 4.92 Å². The van der Waals surface area contributed by atoms with E-state index in [1.807, 2.05) is 6.92 Å². The highest BCUT2D eigenvalue weighted by atomic mass is 32.2. The largest absolute Gasteiger partial charge is 0.293 e. The number of thioether (sulfide) groups is 1. The summed E-state index contributed by atoms with van der Waals surface area (Å²) in [7, 11) is 0. The number of non-ortho nitro benzene ring substituents is 1. The smallest absolute Gasteiger partial charge is 0.270 e. The number of aromatic nitrogens is 2. The lowest BCUT2D eigenvalue weighted by Gasteiger charge is -1.99. The Balaban J connectivity index is 2.03. The van der Waals surface area contributed by atoms with Gasteiger partial charge < -0.3 is 0 Å². The van der Waals surface area contributed by atoms with Crippen LogP contribution in [0.5, 0.6) is 0 Å². The first kappa shape index (κ1) is 13.6. The Morgan fingerprint density at radius 3 is 2.89 bits per heavy atom. The van der Waals surface area contributed by atoms with E-state index in [9.17, 15) is 14.9 Å². The number of hydrogen-bond acceptors (Lipinski definition) is 7. The molecule has 6 nitrogen and oxygen atoms in total. The fraction of sp³-hybridized carbons (Fsp3) is 0.182. The van der Waals surface area contributed by atoms with Crippen molar-refractivity contribution < 1.29 is 9.72 Å². The van der Waals surface area contributed by atoms with Crippen LogP contribution in [-0.4, -0.2) is 26.7 Å². The van der Waals surface area contributed by atoms with Crippen molar-refractivity contribution in [1.29, 1.82) is 0 Å². The van der Waals surface area contributed by atoms with Crippen molar-refractivity contribution >= 4 is 34.6 Å². The van der Waals surface area contributed by atoms with Crippen LogP contribution in [0, 0.1) is 17.0 Å². The van der Waals surface area contributed by atoms with E-state index in [2.05, 4.69) is 10.2 Å². The van der Waals surface area contributed by atoms with Crippen LogP contribution in [0.2, 0.25) is 0 Å². The number of nitro groups is 1. The lowest BCUT2D eigenvalue weighted by molar-refractivity contribution is -0.384. The molecule has 0 aliphatic carbocycles. The fourth-order valence-electron chi connectivity index (χ4n) is 1.34. The highest BCUT2D eigenvalue weighted by Gasteiger charge is 2.12. The first-order valence-corrected chi connectivity index (χ1v) is 7.07. The predicted octanol–water partition coefficient (Wildman–Crippen LogP) is 2.73. The van der Waals surface area contributed by atoms with Gasteiger partial charge in [0.25, 0.3) is 5.69 Å². The van der Waals surface area contributed by atoms with Gasteiger partial charge in [0.15, 0.2) is 10.1 Å². The van der Waals surface area contributed by atoms with E-state index in [0.29, 0.717) is 5.56 Å². The number of hydrogen-bond donors (Lipinski definition) is 0. The quantitative estimate of drug-likeness (QED) is 0.365. The van der Waals surface area contributed by atoms with Gasteiger partial charge in [-0.1, -0.05) is 35.2 Å². The van der Waals surface area contributed by atoms with Crippen molar-refractivity contribution in [3.63, 3.8) is 0 Å². The van der Waals surface area contributed by atoms with E-state index in [4.69, 9.17) is 0 Å². The molecule has 98 valence electrons. The zero-order valence-corrected chi connectivity index (χ0v) is 11.5. The van der Waals surface area contributed by atoms with Crippen LogP contribution in [0.4, 0.5) is 5.69 Å². The minimum Gasteiger partial charge on any atom is -0.293 e. The van der Waals surface area contributed by atoms with Gasteiger partial charge in [-0.25, -0.2) is 0 Å². The standard InChI is InChI=1S/C11H9N3O3S2/c1-7-12-13-11(19-7)18-6-10(15)8-3-2-4-9(5-8)14(16)17/h2-5H,6H2,1H3. The van der Waals surface area contributed by atoms with Crippen molar-refractivity contribution in [2.75, 3.05) is 5.75 Å². The third-order valence-electron chi connectivity index (χ3n) is 2.21. The van der Waals surface area contributed by atoms with E-state index in [1.54, 1.807) is 6.07 Å². The third kappa shape index (κ3) is 3.58. The summed E-state index contributed by atoms with van der Waals surface area (Å²) in [5, 5.41) is 19.2. The second-order valence-corrected chi connectivity index (χ2v) is 6.01. The van der Waals surface area contributed by atoms with Crippen molar-refractivity contribution in [1.82, 2.24) is 10.2 Å². The molecule has 0 aliphatic rings. The van der Waals surface area contributed by atoms with Gasteiger partial charge >= 0.3 is 0 Å². The molecule has 2 rings (SSSR count). The Bertz CT molecular complexity index is 627. The van der Waals surface area contributed by atoms with Crippen LogP contribution in [0.15, 0.2) is 28.6 Å². The Morgan fingerprint density at radius 2 is 2.26 bits per heavy atom. The Morgan fingerprint density at radius 1 is 1.47 bits per heavy atom. The molecular formula is C11H9N3O3S2. The van der Waals surface area contributed by atoms with Crippen molar-refractivity contribution in [2.45, 2.75) is 11.3 Å². The van der Waals surface area contributed by atoms with Gasteiger partial charge in [-0.3, -0.25) is 14.9 Å². The zero-order valence-electron chi connectivity index (χ0n) is 9.90. The number of carbonyl (C=O) groups excluding carboxylic acids is 1. The number of Topliss-reactive ketones (excluding diaryl/α,β-unsaturated/α-hetero) is 1. The molecule has 0 aliphatic heterocycles. The average Bonchev–Trinajstić information content (AvgIpc) is 2.82. The van der Waals surface area contributed by atoms with Gasteiger partial charge in [-0.05, 0) is 6.92 Å². The summed E-state index contributed by atoms with van der Waals surface area (Å²) < 4.78 is 0.719. The van der Waals surface area contributed by atoms with Gasteiger partial charge in [0, 0.05) is 17.7 Å². The normalized spacial score (nSPS) is 10.4. The van der Waals surface area contributed by atoms with Crippen LogP contribution < -0.4 is 0 Å². The molecule has 19 heavy (non-hydrogen) atoms. The summed E-state index contributed by atoms with van der Waals surface area (Å²) in [6.45, 7) is 1.84. The van der Waals surface area contributed by atoms with Crippen LogP contribution >= 0.6 is 23.1 Å². The van der Waals surface area contributed by atoms with Gasteiger partial charge in [0.2, 0.25) is 0 Å². The molecule has 0 amide bonds. The molecule has 1 heterocycles. The van der Waals surface area contributed by atoms with Gasteiger partial charge in [0.1, 0.15) is 5.01 Å². The summed E-state index contributed by atoms with van der Waals surface area (Å²) >= 11 is 2.70. The maximum Gasteiger partial charge on any atom is 0.270 e. The van der Waals surface area contributed by atoms with Crippen molar-refractivity contribution in [3.05, 3.63) is 45.0 Å². The van der Waals surface area contributed by atoms with Crippen LogP contribution in [0.3, 0.4) is 0 Å². The fourth-order valence-corrected chi connectivity index (χ4v) is 3.05. The summed E-state index contributed by atoms with van der Waals surface area (Å²) in [6, 6.07) is 5.72. The lowest BCUT2D eigenvalue weighted by atomic mass is 10.1. The number of carbonyl (C=O) groups is 1. The predicted molar refractivity (Wildman–Crippen MR) is 72.8 cm³/mol. The second kappa shape index (κ2) is 5.89. The zero-order chi connectivity index (χ0) is 13.8. The van der Waals surface area contributed by atoms with E-state index >= 15 is 0 Å². The summed E-state index contributed by atoms with van der Waals surface area (Å²) in [5.41, 5.74) is 0.255. The lowest BCUT2D eigenvalue weighted by Crippen LogP contribution is -2.03. The number of nitrogens with zero attached hydrogens (tertiary/aromatic N) is 3. The highest BCUT2D eigenvalue weighted by molar-refractivity contribution is 8.01. The molecule has 0 spiro atoms. The minimum absolute atomic E-state index is 0.0809. The van der Waals surface area contributed by atoms with Crippen LogP contribution in [-0.2, 0) is 0 Å². The third-order valence-corrected chi connectivity index (χ3v) is 4.19. The molecular weight excluding hydrogens is 286 g/mol. The molecule has 0 unspecified atom stereocenters. The summed E-state index contributed by atoms with van der Waals surface area (Å²) in [5.74, 6) is 0.0251. The first-order valence-electron chi connectivity index (χ1n) is 5.27. The van der Waals surface area contributed by atoms with Gasteiger partial charge in [-0.2, -0.15) is 0 Å². The van der Waals surface area contributed by atoms with Crippen LogP contribution in [0.25, 0.3) is 0 Å². The molecule has 0 bridgehead atoms. The van der Waals surface area contributed by atoms with Gasteiger partial charge in [0.05, 0.1) is 10.7 Å². The Labute approximate surface area is 117 Å². The van der Waals surface area contributed by atoms with E-state index in [0.717, 1.165) is 9.35 Å². The molecule has 0 fully saturated rings. The molecule has 0 saturated heterocycles. The Kier molecular flexibility index (Phi) is 4.23. The molecule has 0 radical (unpaired) electrons. The number of ketones is 1. The molecule has 8 heteroatoms. The number of aryl methyl sites for hydroxylation is 1. The maximum atomic E-state index is 11.9. The monoisotopic (exact) mass is 295 g/mol. The number of benzene rings is 1. The summed E-state index contributed by atoms with van der Waals surface area (Å²) in [4.78, 5) is 22.0. The molecule has 0 saturated carbocycles. The molecule has 1 aromatic heterocycles. The first-order chi connectivity index (χ1) is 9.06. The number of nitro benzene ring substituents is 1. The van der Waals surface area contributed by atoms with E-state index in [-0.39, 0.29) is 17.2 Å². The summed E-state index contributed by atoms with van der Waals surface area (Å²) in [6.07, 6.45) is 0. The molecule has 0 N–H and O–H groups in total. The minimum atomic E-state index is -0.516. The Hall–Kier alpha value is -1.80.